The Balaban J connectivity index is 2.18. The van der Waals surface area contributed by atoms with Crippen molar-refractivity contribution in [3.05, 3.63) is 29.3 Å². The zero-order valence-corrected chi connectivity index (χ0v) is 9.48. The first-order valence-electron chi connectivity index (χ1n) is 5.64. The molecule has 1 aromatic rings. The molecule has 1 heterocycles. The third-order valence-electron chi connectivity index (χ3n) is 3.13. The van der Waals surface area contributed by atoms with Crippen molar-refractivity contribution in [2.75, 3.05) is 18.0 Å². The maximum absolute atomic E-state index is 9.46. The molecule has 1 N–H and O–H groups in total. The van der Waals surface area contributed by atoms with Gasteiger partial charge in [0.05, 0.1) is 17.7 Å². The Morgan fingerprint density at radius 3 is 2.62 bits per heavy atom. The predicted molar refractivity (Wildman–Crippen MR) is 63.3 cm³/mol. The summed E-state index contributed by atoms with van der Waals surface area (Å²) in [4.78, 5) is 2.28. The quantitative estimate of drug-likeness (QED) is 0.779. The van der Waals surface area contributed by atoms with Gasteiger partial charge in [-0.05, 0) is 43.5 Å². The van der Waals surface area contributed by atoms with Crippen LogP contribution in [0, 0.1) is 18.3 Å². The number of benzene rings is 1. The van der Waals surface area contributed by atoms with Crippen molar-refractivity contribution in [3.8, 4) is 6.07 Å². The fraction of sp³-hybridized carbons (Fsp3) is 0.462. The molecule has 0 unspecified atom stereocenters. The number of hydrogen-bond donors (Lipinski definition) is 1. The number of piperidine rings is 1. The molecule has 2 rings (SSSR count). The second-order valence-electron chi connectivity index (χ2n) is 4.33. The van der Waals surface area contributed by atoms with Crippen LogP contribution in [0.15, 0.2) is 18.2 Å². The van der Waals surface area contributed by atoms with Gasteiger partial charge in [-0.3, -0.25) is 0 Å². The van der Waals surface area contributed by atoms with Gasteiger partial charge in [-0.2, -0.15) is 5.26 Å². The fourth-order valence-electron chi connectivity index (χ4n) is 2.19. The lowest BCUT2D eigenvalue weighted by Gasteiger charge is -2.32. The van der Waals surface area contributed by atoms with E-state index >= 15 is 0 Å². The molecule has 84 valence electrons. The largest absolute Gasteiger partial charge is 0.393 e. The Morgan fingerprint density at radius 2 is 2.06 bits per heavy atom. The molecule has 0 radical (unpaired) electrons. The summed E-state index contributed by atoms with van der Waals surface area (Å²) in [7, 11) is 0. The van der Waals surface area contributed by atoms with Crippen LogP contribution < -0.4 is 4.90 Å². The lowest BCUT2D eigenvalue weighted by atomic mass is 10.0. The van der Waals surface area contributed by atoms with E-state index in [0.29, 0.717) is 5.56 Å². The first kappa shape index (κ1) is 11.0. The van der Waals surface area contributed by atoms with Crippen LogP contribution in [0.25, 0.3) is 0 Å². The molecule has 1 fully saturated rings. The molecule has 16 heavy (non-hydrogen) atoms. The zero-order valence-electron chi connectivity index (χ0n) is 9.48. The van der Waals surface area contributed by atoms with Crippen LogP contribution in [0.1, 0.15) is 24.0 Å². The topological polar surface area (TPSA) is 47.3 Å². The van der Waals surface area contributed by atoms with Crippen molar-refractivity contribution in [3.63, 3.8) is 0 Å². The molecule has 3 heteroatoms. The van der Waals surface area contributed by atoms with Gasteiger partial charge in [0, 0.05) is 18.8 Å². The Kier molecular flexibility index (Phi) is 3.12. The Morgan fingerprint density at radius 1 is 1.38 bits per heavy atom. The molecule has 0 amide bonds. The van der Waals surface area contributed by atoms with E-state index in [1.165, 1.54) is 5.69 Å². The normalized spacial score (nSPS) is 17.2. The fourth-order valence-corrected chi connectivity index (χ4v) is 2.19. The average molecular weight is 216 g/mol. The average Bonchev–Trinajstić information content (AvgIpc) is 2.30. The predicted octanol–water partition coefficient (Wildman–Crippen LogP) is 1.83. The lowest BCUT2D eigenvalue weighted by Crippen LogP contribution is -2.36. The van der Waals surface area contributed by atoms with E-state index in [1.807, 2.05) is 25.1 Å². The summed E-state index contributed by atoms with van der Waals surface area (Å²) in [6.45, 7) is 3.82. The van der Waals surface area contributed by atoms with E-state index in [9.17, 15) is 5.11 Å². The van der Waals surface area contributed by atoms with Gasteiger partial charge in [0.15, 0.2) is 0 Å². The van der Waals surface area contributed by atoms with Gasteiger partial charge in [0.1, 0.15) is 0 Å². The van der Waals surface area contributed by atoms with E-state index in [0.717, 1.165) is 31.5 Å². The summed E-state index contributed by atoms with van der Waals surface area (Å²) >= 11 is 0. The number of aliphatic hydroxyl groups excluding tert-OH is 1. The van der Waals surface area contributed by atoms with E-state index in [-0.39, 0.29) is 6.10 Å². The Labute approximate surface area is 95.9 Å². The summed E-state index contributed by atoms with van der Waals surface area (Å²) in [5, 5.41) is 18.3. The molecule has 0 atom stereocenters. The van der Waals surface area contributed by atoms with Gasteiger partial charge in [-0.15, -0.1) is 0 Å². The third-order valence-corrected chi connectivity index (χ3v) is 3.13. The second-order valence-corrected chi connectivity index (χ2v) is 4.33. The molecule has 0 aromatic heterocycles. The molecule has 0 bridgehead atoms. The third kappa shape index (κ3) is 2.17. The molecule has 1 aliphatic rings. The van der Waals surface area contributed by atoms with Gasteiger partial charge in [-0.1, -0.05) is 0 Å². The number of aryl methyl sites for hydroxylation is 1. The van der Waals surface area contributed by atoms with Crippen LogP contribution in [0.5, 0.6) is 0 Å². The molecule has 0 aliphatic carbocycles. The summed E-state index contributed by atoms with van der Waals surface area (Å²) in [6, 6.07) is 7.92. The first-order valence-corrected chi connectivity index (χ1v) is 5.64. The summed E-state index contributed by atoms with van der Waals surface area (Å²) < 4.78 is 0. The van der Waals surface area contributed by atoms with Crippen molar-refractivity contribution in [2.45, 2.75) is 25.9 Å². The smallest absolute Gasteiger partial charge is 0.0991 e. The van der Waals surface area contributed by atoms with Gasteiger partial charge < -0.3 is 10.0 Å². The van der Waals surface area contributed by atoms with Crippen LogP contribution in [0.4, 0.5) is 5.69 Å². The number of anilines is 1. The van der Waals surface area contributed by atoms with Crippen molar-refractivity contribution in [1.29, 1.82) is 5.26 Å². The van der Waals surface area contributed by atoms with Crippen molar-refractivity contribution >= 4 is 5.69 Å². The van der Waals surface area contributed by atoms with Gasteiger partial charge >= 0.3 is 0 Å². The monoisotopic (exact) mass is 216 g/mol. The molecule has 0 saturated carbocycles. The van der Waals surface area contributed by atoms with E-state index in [4.69, 9.17) is 5.26 Å². The molecule has 0 spiro atoms. The van der Waals surface area contributed by atoms with Crippen LogP contribution in [0.3, 0.4) is 0 Å². The Hall–Kier alpha value is -1.53. The molecular weight excluding hydrogens is 200 g/mol. The summed E-state index contributed by atoms with van der Waals surface area (Å²) in [6.07, 6.45) is 1.52. The molecule has 3 nitrogen and oxygen atoms in total. The van der Waals surface area contributed by atoms with Crippen LogP contribution in [-0.4, -0.2) is 24.3 Å². The van der Waals surface area contributed by atoms with Crippen molar-refractivity contribution in [2.24, 2.45) is 0 Å². The standard InChI is InChI=1S/C13H16N2O/c1-10-8-11(9-14)2-3-13(10)15-6-4-12(16)5-7-15/h2-3,8,12,16H,4-7H2,1H3. The van der Waals surface area contributed by atoms with Crippen LogP contribution in [0.2, 0.25) is 0 Å². The molecular formula is C13H16N2O. The lowest BCUT2D eigenvalue weighted by molar-refractivity contribution is 0.145. The second kappa shape index (κ2) is 4.54. The van der Waals surface area contributed by atoms with Crippen molar-refractivity contribution < 1.29 is 5.11 Å². The molecule has 1 saturated heterocycles. The Bertz CT molecular complexity index is 414. The van der Waals surface area contributed by atoms with E-state index in [1.54, 1.807) is 0 Å². The minimum Gasteiger partial charge on any atom is -0.393 e. The minimum absolute atomic E-state index is 0.144. The van der Waals surface area contributed by atoms with Gasteiger partial charge in [0.2, 0.25) is 0 Å². The highest BCUT2D eigenvalue weighted by Gasteiger charge is 2.18. The number of nitrogens with zero attached hydrogens (tertiary/aromatic N) is 2. The zero-order chi connectivity index (χ0) is 11.5. The van der Waals surface area contributed by atoms with E-state index < -0.39 is 0 Å². The SMILES string of the molecule is Cc1cc(C#N)ccc1N1CCC(O)CC1. The number of nitriles is 1. The van der Waals surface area contributed by atoms with Gasteiger partial charge in [-0.25, -0.2) is 0 Å². The number of rotatable bonds is 1. The summed E-state index contributed by atoms with van der Waals surface area (Å²) in [5.41, 5.74) is 3.03. The number of aliphatic hydroxyl groups is 1. The van der Waals surface area contributed by atoms with Crippen LogP contribution >= 0.6 is 0 Å². The maximum Gasteiger partial charge on any atom is 0.0991 e. The van der Waals surface area contributed by atoms with Gasteiger partial charge in [0.25, 0.3) is 0 Å². The summed E-state index contributed by atoms with van der Waals surface area (Å²) in [5.74, 6) is 0. The van der Waals surface area contributed by atoms with Crippen molar-refractivity contribution in [1.82, 2.24) is 0 Å². The highest BCUT2D eigenvalue weighted by atomic mass is 16.3. The van der Waals surface area contributed by atoms with Crippen LogP contribution in [-0.2, 0) is 0 Å². The van der Waals surface area contributed by atoms with E-state index in [2.05, 4.69) is 11.0 Å². The molecule has 1 aromatic carbocycles. The highest BCUT2D eigenvalue weighted by Crippen LogP contribution is 2.24. The maximum atomic E-state index is 9.46. The first-order chi connectivity index (χ1) is 7.70. The number of hydrogen-bond acceptors (Lipinski definition) is 3. The highest BCUT2D eigenvalue weighted by molar-refractivity contribution is 5.56. The minimum atomic E-state index is -0.144. The molecule has 1 aliphatic heterocycles.